The molecule has 0 aromatic rings. The predicted octanol–water partition coefficient (Wildman–Crippen LogP) is -0.0274. The minimum Gasteiger partial charge on any atom is -0.385 e. The molecule has 0 aliphatic carbocycles. The number of carbonyl (C=O) groups excluding carboxylic acids is 1. The minimum absolute atomic E-state index is 0.103. The van der Waals surface area contributed by atoms with Crippen LogP contribution in [0.3, 0.4) is 0 Å². The van der Waals surface area contributed by atoms with Crippen LogP contribution in [0.25, 0.3) is 0 Å². The van der Waals surface area contributed by atoms with Crippen molar-refractivity contribution >= 4 is 5.91 Å². The van der Waals surface area contributed by atoms with Gasteiger partial charge >= 0.3 is 0 Å². The zero-order valence-electron chi connectivity index (χ0n) is 8.16. The monoisotopic (exact) mass is 186 g/mol. The maximum Gasteiger partial charge on any atom is 0.241 e. The summed E-state index contributed by atoms with van der Waals surface area (Å²) in [7, 11) is 1.71. The zero-order valence-corrected chi connectivity index (χ0v) is 8.16. The van der Waals surface area contributed by atoms with Crippen LogP contribution < -0.4 is 5.73 Å². The molecule has 0 radical (unpaired) electrons. The van der Waals surface area contributed by atoms with E-state index >= 15 is 0 Å². The fourth-order valence-electron chi connectivity index (χ4n) is 1.45. The largest absolute Gasteiger partial charge is 0.385 e. The van der Waals surface area contributed by atoms with E-state index in [-0.39, 0.29) is 11.9 Å². The number of hydrogen-bond acceptors (Lipinski definition) is 3. The molecule has 1 aliphatic rings. The molecule has 4 nitrogen and oxygen atoms in total. The first-order valence-electron chi connectivity index (χ1n) is 4.79. The van der Waals surface area contributed by atoms with Crippen molar-refractivity contribution in [2.75, 3.05) is 26.8 Å². The molecular weight excluding hydrogens is 168 g/mol. The Kier molecular flexibility index (Phi) is 4.18. The molecule has 76 valence electrons. The number of ether oxygens (including phenoxy) is 1. The standard InChI is InChI=1S/C9H18N2O2/c1-13-6-4-2-3-5-11-7-8(10)9(11)12/h8H,2-7,10H2,1H3. The van der Waals surface area contributed by atoms with Gasteiger partial charge in [-0.15, -0.1) is 0 Å². The van der Waals surface area contributed by atoms with Gasteiger partial charge in [0.25, 0.3) is 0 Å². The molecule has 1 rings (SSSR count). The Hall–Kier alpha value is -0.610. The highest BCUT2D eigenvalue weighted by Crippen LogP contribution is 2.09. The van der Waals surface area contributed by atoms with Crippen LogP contribution in [-0.4, -0.2) is 43.7 Å². The lowest BCUT2D eigenvalue weighted by Crippen LogP contribution is -2.60. The van der Waals surface area contributed by atoms with Crippen molar-refractivity contribution in [3.8, 4) is 0 Å². The summed E-state index contributed by atoms with van der Waals surface area (Å²) in [6, 6.07) is -0.223. The van der Waals surface area contributed by atoms with Crippen LogP contribution in [0.15, 0.2) is 0 Å². The van der Waals surface area contributed by atoms with Gasteiger partial charge in [-0.3, -0.25) is 4.79 Å². The first kappa shape index (κ1) is 10.5. The Morgan fingerprint density at radius 2 is 2.31 bits per heavy atom. The van der Waals surface area contributed by atoms with Crippen LogP contribution in [0, 0.1) is 0 Å². The Bertz CT molecular complexity index is 173. The topological polar surface area (TPSA) is 55.6 Å². The molecular formula is C9H18N2O2. The van der Waals surface area contributed by atoms with E-state index in [9.17, 15) is 4.79 Å². The van der Waals surface area contributed by atoms with Gasteiger partial charge in [0.05, 0.1) is 0 Å². The van der Waals surface area contributed by atoms with Gasteiger partial charge < -0.3 is 15.4 Å². The van der Waals surface area contributed by atoms with Gasteiger partial charge in [0.15, 0.2) is 0 Å². The Labute approximate surface area is 79.0 Å². The summed E-state index contributed by atoms with van der Waals surface area (Å²) >= 11 is 0. The summed E-state index contributed by atoms with van der Waals surface area (Å²) in [5.41, 5.74) is 5.45. The smallest absolute Gasteiger partial charge is 0.241 e. The number of β-lactam (4-membered cyclic amide) rings is 1. The van der Waals surface area contributed by atoms with E-state index < -0.39 is 0 Å². The average Bonchev–Trinajstić information content (AvgIpc) is 2.15. The maximum absolute atomic E-state index is 11.1. The van der Waals surface area contributed by atoms with Crippen LogP contribution >= 0.6 is 0 Å². The number of methoxy groups -OCH3 is 1. The Morgan fingerprint density at radius 3 is 2.85 bits per heavy atom. The molecule has 2 N–H and O–H groups in total. The van der Waals surface area contributed by atoms with E-state index in [1.807, 2.05) is 4.90 Å². The Morgan fingerprint density at radius 1 is 1.54 bits per heavy atom. The molecule has 1 amide bonds. The second kappa shape index (κ2) is 5.19. The number of amides is 1. The van der Waals surface area contributed by atoms with Crippen LogP contribution in [0.5, 0.6) is 0 Å². The first-order chi connectivity index (χ1) is 6.25. The first-order valence-corrected chi connectivity index (χ1v) is 4.79. The van der Waals surface area contributed by atoms with Gasteiger partial charge in [-0.2, -0.15) is 0 Å². The van der Waals surface area contributed by atoms with E-state index in [4.69, 9.17) is 10.5 Å². The zero-order chi connectivity index (χ0) is 9.68. The molecule has 0 bridgehead atoms. The second-order valence-corrected chi connectivity index (χ2v) is 3.44. The summed E-state index contributed by atoms with van der Waals surface area (Å²) < 4.78 is 4.93. The van der Waals surface area contributed by atoms with E-state index in [0.717, 1.165) is 39.0 Å². The normalized spacial score (nSPS) is 21.8. The van der Waals surface area contributed by atoms with E-state index in [1.54, 1.807) is 7.11 Å². The lowest BCUT2D eigenvalue weighted by Gasteiger charge is -2.36. The van der Waals surface area contributed by atoms with Crippen molar-refractivity contribution in [3.05, 3.63) is 0 Å². The van der Waals surface area contributed by atoms with Gasteiger partial charge in [0, 0.05) is 26.8 Å². The molecule has 1 aliphatic heterocycles. The summed E-state index contributed by atoms with van der Waals surface area (Å²) in [5, 5.41) is 0. The molecule has 4 heteroatoms. The summed E-state index contributed by atoms with van der Waals surface area (Å²) in [6.07, 6.45) is 3.25. The highest BCUT2D eigenvalue weighted by atomic mass is 16.5. The molecule has 1 heterocycles. The van der Waals surface area contributed by atoms with Crippen LogP contribution in [0.2, 0.25) is 0 Å². The molecule has 0 aromatic heterocycles. The van der Waals surface area contributed by atoms with E-state index in [0.29, 0.717) is 0 Å². The van der Waals surface area contributed by atoms with Crippen molar-refractivity contribution in [3.63, 3.8) is 0 Å². The van der Waals surface area contributed by atoms with Crippen molar-refractivity contribution in [1.29, 1.82) is 0 Å². The average molecular weight is 186 g/mol. The van der Waals surface area contributed by atoms with Crippen molar-refractivity contribution in [2.45, 2.75) is 25.3 Å². The third-order valence-electron chi connectivity index (χ3n) is 2.32. The third-order valence-corrected chi connectivity index (χ3v) is 2.32. The number of likely N-dealkylation sites (tertiary alicyclic amines) is 1. The summed E-state index contributed by atoms with van der Waals surface area (Å²) in [4.78, 5) is 12.9. The molecule has 0 aromatic carbocycles. The number of rotatable bonds is 6. The van der Waals surface area contributed by atoms with Gasteiger partial charge in [-0.1, -0.05) is 0 Å². The number of carbonyl (C=O) groups is 1. The molecule has 1 saturated heterocycles. The highest BCUT2D eigenvalue weighted by Gasteiger charge is 2.32. The molecule has 0 saturated carbocycles. The van der Waals surface area contributed by atoms with Gasteiger partial charge in [0.1, 0.15) is 6.04 Å². The second-order valence-electron chi connectivity index (χ2n) is 3.44. The van der Waals surface area contributed by atoms with Gasteiger partial charge in [-0.25, -0.2) is 0 Å². The quantitative estimate of drug-likeness (QED) is 0.468. The van der Waals surface area contributed by atoms with E-state index in [1.165, 1.54) is 0 Å². The number of nitrogens with zero attached hydrogens (tertiary/aromatic N) is 1. The summed E-state index contributed by atoms with van der Waals surface area (Å²) in [6.45, 7) is 2.41. The minimum atomic E-state index is -0.223. The predicted molar refractivity (Wildman–Crippen MR) is 50.3 cm³/mol. The molecule has 0 spiro atoms. The van der Waals surface area contributed by atoms with Crippen molar-refractivity contribution in [1.82, 2.24) is 4.90 Å². The van der Waals surface area contributed by atoms with Gasteiger partial charge in [-0.05, 0) is 19.3 Å². The van der Waals surface area contributed by atoms with Crippen LogP contribution in [0.1, 0.15) is 19.3 Å². The van der Waals surface area contributed by atoms with Crippen molar-refractivity contribution < 1.29 is 9.53 Å². The van der Waals surface area contributed by atoms with Crippen molar-refractivity contribution in [2.24, 2.45) is 5.73 Å². The lowest BCUT2D eigenvalue weighted by atomic mass is 10.1. The number of unbranched alkanes of at least 4 members (excludes halogenated alkanes) is 2. The number of nitrogens with two attached hydrogens (primary N) is 1. The molecule has 13 heavy (non-hydrogen) atoms. The molecule has 1 atom stereocenters. The molecule has 1 fully saturated rings. The van der Waals surface area contributed by atoms with Gasteiger partial charge in [0.2, 0.25) is 5.91 Å². The maximum atomic E-state index is 11.1. The fraction of sp³-hybridized carbons (Fsp3) is 0.889. The lowest BCUT2D eigenvalue weighted by molar-refractivity contribution is -0.142. The third kappa shape index (κ3) is 2.97. The van der Waals surface area contributed by atoms with E-state index in [2.05, 4.69) is 0 Å². The Balaban J connectivity index is 1.92. The molecule has 1 unspecified atom stereocenters. The van der Waals surface area contributed by atoms with Crippen LogP contribution in [-0.2, 0) is 9.53 Å². The number of hydrogen-bond donors (Lipinski definition) is 1. The van der Waals surface area contributed by atoms with Crippen LogP contribution in [0.4, 0.5) is 0 Å². The summed E-state index contributed by atoms with van der Waals surface area (Å²) in [5.74, 6) is 0.103. The fourth-order valence-corrected chi connectivity index (χ4v) is 1.45. The highest BCUT2D eigenvalue weighted by molar-refractivity contribution is 5.87. The SMILES string of the molecule is COCCCCCN1CC(N)C1=O.